The van der Waals surface area contributed by atoms with Gasteiger partial charge >= 0.3 is 6.09 Å². The second-order valence-electron chi connectivity index (χ2n) is 5.87. The monoisotopic (exact) mass is 421 g/mol. The fourth-order valence-corrected chi connectivity index (χ4v) is 4.27. The number of rotatable bonds is 5. The molecule has 0 fully saturated rings. The maximum atomic E-state index is 12.7. The molecule has 0 radical (unpaired) electrons. The fourth-order valence-electron chi connectivity index (χ4n) is 2.51. The van der Waals surface area contributed by atoms with E-state index in [-0.39, 0.29) is 18.1 Å². The molecule has 1 atom stereocenters. The van der Waals surface area contributed by atoms with Crippen molar-refractivity contribution in [2.75, 3.05) is 36.2 Å². The number of ether oxygens (including phenoxy) is 1. The summed E-state index contributed by atoms with van der Waals surface area (Å²) in [5.41, 5.74) is 1.92. The zero-order valence-electron chi connectivity index (χ0n) is 15.4. The number of thiophene rings is 1. The number of nitrogens with zero attached hydrogens (tertiary/aromatic N) is 2. The minimum absolute atomic E-state index is 0.153. The number of anilines is 3. The summed E-state index contributed by atoms with van der Waals surface area (Å²) in [6.07, 6.45) is 0.863. The van der Waals surface area contributed by atoms with Gasteiger partial charge in [-0.2, -0.15) is 0 Å². The van der Waals surface area contributed by atoms with Crippen molar-refractivity contribution < 1.29 is 19.1 Å². The van der Waals surface area contributed by atoms with Crippen molar-refractivity contribution in [1.29, 1.82) is 0 Å². The van der Waals surface area contributed by atoms with E-state index in [1.807, 2.05) is 25.1 Å². The van der Waals surface area contributed by atoms with Crippen LogP contribution in [0.3, 0.4) is 0 Å². The van der Waals surface area contributed by atoms with E-state index >= 15 is 0 Å². The van der Waals surface area contributed by atoms with E-state index in [1.165, 1.54) is 29.2 Å². The Morgan fingerprint density at radius 2 is 2.11 bits per heavy atom. The van der Waals surface area contributed by atoms with Gasteiger partial charge in [0.05, 0.1) is 23.5 Å². The van der Waals surface area contributed by atoms with E-state index in [0.717, 1.165) is 16.4 Å². The summed E-state index contributed by atoms with van der Waals surface area (Å²) in [6, 6.07) is 3.40. The number of imide groups is 1. The highest BCUT2D eigenvalue weighted by molar-refractivity contribution is 8.01. The first-order chi connectivity index (χ1) is 13.4. The van der Waals surface area contributed by atoms with Crippen LogP contribution in [-0.4, -0.2) is 49.0 Å². The summed E-state index contributed by atoms with van der Waals surface area (Å²) in [6.45, 7) is 1.79. The zero-order valence-corrected chi connectivity index (χ0v) is 17.1. The summed E-state index contributed by atoms with van der Waals surface area (Å²) >= 11 is 2.49. The number of pyridine rings is 1. The number of fused-ring (bicyclic) bond motifs is 1. The van der Waals surface area contributed by atoms with Gasteiger partial charge in [-0.05, 0) is 24.4 Å². The standard InChI is InChI=1S/C17H19N5O4S2/c1-4-26-17(25)21-12(23)9-6-8-27-14(9)20-13(24)16-19-11-10(22(2)3)5-7-18-15(11)28-16/h5-8,16,19H,4H2,1-3H3,(H,20,24)(H,21,23,25). The Hall–Kier alpha value is -2.79. The summed E-state index contributed by atoms with van der Waals surface area (Å²) < 4.78 is 4.70. The van der Waals surface area contributed by atoms with Gasteiger partial charge in [0.1, 0.15) is 10.0 Å². The van der Waals surface area contributed by atoms with Crippen LogP contribution in [0, 0.1) is 0 Å². The van der Waals surface area contributed by atoms with E-state index in [0.29, 0.717) is 5.00 Å². The first-order valence-corrected chi connectivity index (χ1v) is 10.1. The first kappa shape index (κ1) is 20.0. The second-order valence-corrected chi connectivity index (χ2v) is 7.88. The van der Waals surface area contributed by atoms with Crippen molar-refractivity contribution in [3.8, 4) is 0 Å². The quantitative estimate of drug-likeness (QED) is 0.675. The molecule has 1 unspecified atom stereocenters. The second kappa shape index (κ2) is 8.48. The third kappa shape index (κ3) is 4.20. The minimum atomic E-state index is -0.832. The molecular weight excluding hydrogens is 402 g/mol. The van der Waals surface area contributed by atoms with Gasteiger partial charge in [0, 0.05) is 20.3 Å². The number of nitrogens with one attached hydrogen (secondary N) is 3. The summed E-state index contributed by atoms with van der Waals surface area (Å²) in [5.74, 6) is -0.956. The smallest absolute Gasteiger partial charge is 0.414 e. The Labute approximate surface area is 169 Å². The average Bonchev–Trinajstić information content (AvgIpc) is 3.27. The lowest BCUT2D eigenvalue weighted by atomic mass is 10.3. The molecule has 0 saturated carbocycles. The molecule has 1 aliphatic heterocycles. The largest absolute Gasteiger partial charge is 0.450 e. The lowest BCUT2D eigenvalue weighted by Crippen LogP contribution is -2.33. The normalized spacial score (nSPS) is 14.6. The highest BCUT2D eigenvalue weighted by Gasteiger charge is 2.32. The van der Waals surface area contributed by atoms with Crippen LogP contribution < -0.4 is 20.9 Å². The lowest BCUT2D eigenvalue weighted by molar-refractivity contribution is -0.115. The van der Waals surface area contributed by atoms with Crippen molar-refractivity contribution >= 4 is 57.4 Å². The molecule has 2 aromatic rings. The van der Waals surface area contributed by atoms with Gasteiger partial charge in [-0.15, -0.1) is 11.3 Å². The topological polar surface area (TPSA) is 113 Å². The van der Waals surface area contributed by atoms with Crippen LogP contribution in [-0.2, 0) is 9.53 Å². The van der Waals surface area contributed by atoms with E-state index in [9.17, 15) is 14.4 Å². The van der Waals surface area contributed by atoms with Crippen LogP contribution in [0.25, 0.3) is 0 Å². The predicted octanol–water partition coefficient (Wildman–Crippen LogP) is 2.58. The van der Waals surface area contributed by atoms with Crippen molar-refractivity contribution in [2.24, 2.45) is 0 Å². The highest BCUT2D eigenvalue weighted by Crippen LogP contribution is 2.42. The number of thioether (sulfide) groups is 1. The van der Waals surface area contributed by atoms with E-state index < -0.39 is 17.4 Å². The first-order valence-electron chi connectivity index (χ1n) is 8.36. The van der Waals surface area contributed by atoms with E-state index in [4.69, 9.17) is 4.74 Å². The molecule has 0 bridgehead atoms. The van der Waals surface area contributed by atoms with Crippen LogP contribution in [0.15, 0.2) is 28.7 Å². The third-order valence-corrected chi connectivity index (χ3v) is 5.69. The van der Waals surface area contributed by atoms with Gasteiger partial charge in [-0.1, -0.05) is 11.8 Å². The Bertz CT molecular complexity index is 915. The van der Waals surface area contributed by atoms with Gasteiger partial charge in [0.25, 0.3) is 11.8 Å². The summed E-state index contributed by atoms with van der Waals surface area (Å²) in [7, 11) is 3.82. The van der Waals surface area contributed by atoms with Crippen LogP contribution >= 0.6 is 23.1 Å². The molecule has 3 amide bonds. The molecule has 148 valence electrons. The summed E-state index contributed by atoms with van der Waals surface area (Å²) in [5, 5.41) is 10.2. The Balaban J connectivity index is 1.68. The van der Waals surface area contributed by atoms with Crippen molar-refractivity contribution in [3.63, 3.8) is 0 Å². The molecule has 0 saturated heterocycles. The van der Waals surface area contributed by atoms with Crippen molar-refractivity contribution in [3.05, 3.63) is 29.3 Å². The maximum Gasteiger partial charge on any atom is 0.414 e. The van der Waals surface area contributed by atoms with Crippen LogP contribution in [0.5, 0.6) is 0 Å². The molecule has 28 heavy (non-hydrogen) atoms. The van der Waals surface area contributed by atoms with Crippen LogP contribution in [0.1, 0.15) is 17.3 Å². The maximum absolute atomic E-state index is 12.7. The number of hydrogen-bond donors (Lipinski definition) is 3. The number of alkyl carbamates (subject to hydrolysis) is 1. The van der Waals surface area contributed by atoms with Crippen LogP contribution in [0.4, 0.5) is 21.2 Å². The minimum Gasteiger partial charge on any atom is -0.450 e. The predicted molar refractivity (Wildman–Crippen MR) is 109 cm³/mol. The number of amides is 3. The number of hydrogen-bond acceptors (Lipinski definition) is 9. The molecule has 0 aromatic carbocycles. The Kier molecular flexibility index (Phi) is 6.05. The molecule has 0 spiro atoms. The van der Waals surface area contributed by atoms with Gasteiger partial charge in [0.15, 0.2) is 5.37 Å². The highest BCUT2D eigenvalue weighted by atomic mass is 32.2. The molecule has 11 heteroatoms. The fraction of sp³-hybridized carbons (Fsp3) is 0.294. The molecular formula is C17H19N5O4S2. The van der Waals surface area contributed by atoms with Crippen LogP contribution in [0.2, 0.25) is 0 Å². The number of aromatic nitrogens is 1. The van der Waals surface area contributed by atoms with Gasteiger partial charge < -0.3 is 20.3 Å². The number of carbonyl (C=O) groups is 3. The van der Waals surface area contributed by atoms with Gasteiger partial charge in [-0.3, -0.25) is 14.9 Å². The number of carbonyl (C=O) groups excluding carboxylic acids is 3. The lowest BCUT2D eigenvalue weighted by Gasteiger charge is -2.16. The summed E-state index contributed by atoms with van der Waals surface area (Å²) in [4.78, 5) is 42.6. The van der Waals surface area contributed by atoms with Crippen molar-refractivity contribution in [2.45, 2.75) is 17.3 Å². The van der Waals surface area contributed by atoms with Gasteiger partial charge in [-0.25, -0.2) is 9.78 Å². The SMILES string of the molecule is CCOC(=O)NC(=O)c1ccsc1NC(=O)C1Nc2c(N(C)C)ccnc2S1. The van der Waals surface area contributed by atoms with Crippen molar-refractivity contribution in [1.82, 2.24) is 10.3 Å². The molecule has 3 N–H and O–H groups in total. The van der Waals surface area contributed by atoms with E-state index in [2.05, 4.69) is 20.9 Å². The van der Waals surface area contributed by atoms with Gasteiger partial charge in [0.2, 0.25) is 0 Å². The molecule has 3 rings (SSSR count). The Morgan fingerprint density at radius 3 is 2.82 bits per heavy atom. The average molecular weight is 422 g/mol. The van der Waals surface area contributed by atoms with E-state index in [1.54, 1.807) is 18.5 Å². The third-order valence-electron chi connectivity index (χ3n) is 3.76. The molecule has 3 heterocycles. The molecule has 1 aliphatic rings. The molecule has 2 aromatic heterocycles. The zero-order chi connectivity index (χ0) is 20.3. The molecule has 0 aliphatic carbocycles. The Morgan fingerprint density at radius 1 is 1.32 bits per heavy atom. The molecule has 9 nitrogen and oxygen atoms in total.